The third-order valence-electron chi connectivity index (χ3n) is 1.31. The zero-order chi connectivity index (χ0) is 9.52. The minimum absolute atomic E-state index is 0.627. The SMILES string of the molecule is C#CC#COc1ccc(C#C)cc1. The minimum atomic E-state index is 0.627. The Labute approximate surface area is 77.7 Å². The van der Waals surface area contributed by atoms with Gasteiger partial charge in [-0.2, -0.15) is 0 Å². The smallest absolute Gasteiger partial charge is 0.140 e. The van der Waals surface area contributed by atoms with E-state index in [9.17, 15) is 0 Å². The third kappa shape index (κ3) is 2.66. The number of benzene rings is 1. The lowest BCUT2D eigenvalue weighted by Crippen LogP contribution is -1.82. The summed E-state index contributed by atoms with van der Waals surface area (Å²) < 4.78 is 4.97. The van der Waals surface area contributed by atoms with Crippen LogP contribution < -0.4 is 4.74 Å². The number of ether oxygens (including phenoxy) is 1. The van der Waals surface area contributed by atoms with Crippen LogP contribution >= 0.6 is 0 Å². The molecule has 0 fully saturated rings. The molecule has 0 aliphatic carbocycles. The van der Waals surface area contributed by atoms with E-state index in [1.807, 2.05) is 0 Å². The molecule has 0 N–H and O–H groups in total. The standard InChI is InChI=1S/C12H6O/c1-3-5-10-13-12-8-6-11(4-2)7-9-12/h1-2,6-9H. The van der Waals surface area contributed by atoms with Crippen molar-refractivity contribution in [2.24, 2.45) is 0 Å². The van der Waals surface area contributed by atoms with Gasteiger partial charge in [-0.05, 0) is 30.2 Å². The Bertz CT molecular complexity index is 415. The van der Waals surface area contributed by atoms with Crippen molar-refractivity contribution in [3.63, 3.8) is 0 Å². The lowest BCUT2D eigenvalue weighted by atomic mass is 10.2. The molecule has 0 unspecified atom stereocenters. The van der Waals surface area contributed by atoms with Crippen molar-refractivity contribution in [1.29, 1.82) is 0 Å². The van der Waals surface area contributed by atoms with E-state index < -0.39 is 0 Å². The van der Waals surface area contributed by atoms with E-state index >= 15 is 0 Å². The first kappa shape index (κ1) is 8.79. The van der Waals surface area contributed by atoms with Gasteiger partial charge in [0.2, 0.25) is 0 Å². The second kappa shape index (κ2) is 4.55. The maximum Gasteiger partial charge on any atom is 0.140 e. The zero-order valence-corrected chi connectivity index (χ0v) is 6.87. The van der Waals surface area contributed by atoms with Crippen LogP contribution in [0.5, 0.6) is 5.75 Å². The summed E-state index contributed by atoms with van der Waals surface area (Å²) in [6, 6.07) is 7.01. The molecule has 60 valence electrons. The first-order valence-corrected chi connectivity index (χ1v) is 3.56. The van der Waals surface area contributed by atoms with Crippen LogP contribution in [-0.2, 0) is 0 Å². The van der Waals surface area contributed by atoms with Gasteiger partial charge in [-0.1, -0.05) is 5.92 Å². The molecule has 1 heteroatoms. The summed E-state index contributed by atoms with van der Waals surface area (Å²) in [6.07, 6.45) is 12.4. The minimum Gasteiger partial charge on any atom is -0.407 e. The molecule has 0 atom stereocenters. The molecule has 0 aliphatic heterocycles. The molecule has 0 saturated carbocycles. The largest absolute Gasteiger partial charge is 0.407 e. The Morgan fingerprint density at radius 3 is 2.31 bits per heavy atom. The van der Waals surface area contributed by atoms with Crippen molar-refractivity contribution in [3.05, 3.63) is 29.8 Å². The molecule has 1 nitrogen and oxygen atoms in total. The van der Waals surface area contributed by atoms with Crippen LogP contribution in [0, 0.1) is 36.7 Å². The Morgan fingerprint density at radius 1 is 1.08 bits per heavy atom. The molecular weight excluding hydrogens is 160 g/mol. The van der Waals surface area contributed by atoms with E-state index in [-0.39, 0.29) is 0 Å². The average Bonchev–Trinajstić information content (AvgIpc) is 2.19. The van der Waals surface area contributed by atoms with Crippen LogP contribution in [0.3, 0.4) is 0 Å². The van der Waals surface area contributed by atoms with Crippen LogP contribution in [0.2, 0.25) is 0 Å². The summed E-state index contributed by atoms with van der Waals surface area (Å²) in [5, 5.41) is 0. The van der Waals surface area contributed by atoms with Crippen molar-refractivity contribution in [3.8, 4) is 42.5 Å². The molecule has 0 spiro atoms. The summed E-state index contributed by atoms with van der Waals surface area (Å²) in [6.45, 7) is 0. The molecule has 0 heterocycles. The molecule has 0 saturated heterocycles. The Balaban J connectivity index is 2.72. The van der Waals surface area contributed by atoms with Gasteiger partial charge in [-0.25, -0.2) is 0 Å². The molecule has 0 aromatic heterocycles. The van der Waals surface area contributed by atoms with Crippen LogP contribution in [-0.4, -0.2) is 0 Å². The highest BCUT2D eigenvalue weighted by Gasteiger charge is 1.90. The van der Waals surface area contributed by atoms with Gasteiger partial charge in [-0.3, -0.25) is 0 Å². The summed E-state index contributed by atoms with van der Waals surface area (Å²) >= 11 is 0. The molecule has 0 aliphatic rings. The van der Waals surface area contributed by atoms with E-state index in [1.54, 1.807) is 24.3 Å². The molecule has 1 aromatic carbocycles. The van der Waals surface area contributed by atoms with Gasteiger partial charge in [0.15, 0.2) is 0 Å². The quantitative estimate of drug-likeness (QED) is 0.576. The van der Waals surface area contributed by atoms with Crippen molar-refractivity contribution >= 4 is 0 Å². The molecule has 1 rings (SSSR count). The van der Waals surface area contributed by atoms with Gasteiger partial charge >= 0.3 is 0 Å². The first-order valence-electron chi connectivity index (χ1n) is 3.56. The number of hydrogen-bond acceptors (Lipinski definition) is 1. The molecule has 0 bridgehead atoms. The molecule has 0 radical (unpaired) electrons. The van der Waals surface area contributed by atoms with Crippen LogP contribution in [0.1, 0.15) is 5.56 Å². The first-order chi connectivity index (χ1) is 6.36. The number of hydrogen-bond donors (Lipinski definition) is 0. The van der Waals surface area contributed by atoms with Crippen molar-refractivity contribution in [1.82, 2.24) is 0 Å². The highest BCUT2D eigenvalue weighted by Crippen LogP contribution is 2.10. The van der Waals surface area contributed by atoms with Gasteiger partial charge in [-0.15, -0.1) is 12.8 Å². The van der Waals surface area contributed by atoms with Crippen molar-refractivity contribution < 1.29 is 4.74 Å². The van der Waals surface area contributed by atoms with Gasteiger partial charge in [0.05, 0.1) is 0 Å². The molecule has 13 heavy (non-hydrogen) atoms. The Hall–Kier alpha value is -2.30. The summed E-state index contributed by atoms with van der Waals surface area (Å²) in [5.41, 5.74) is 0.803. The van der Waals surface area contributed by atoms with Crippen LogP contribution in [0.25, 0.3) is 0 Å². The fourth-order valence-corrected chi connectivity index (χ4v) is 0.733. The molecular formula is C12H6O. The van der Waals surface area contributed by atoms with Crippen LogP contribution in [0.4, 0.5) is 0 Å². The van der Waals surface area contributed by atoms with E-state index in [0.29, 0.717) is 5.75 Å². The number of terminal acetylenes is 2. The fourth-order valence-electron chi connectivity index (χ4n) is 0.733. The van der Waals surface area contributed by atoms with Gasteiger partial charge in [0.1, 0.15) is 11.9 Å². The zero-order valence-electron chi connectivity index (χ0n) is 6.87. The lowest BCUT2D eigenvalue weighted by molar-refractivity contribution is 0.520. The van der Waals surface area contributed by atoms with Crippen LogP contribution in [0.15, 0.2) is 24.3 Å². The van der Waals surface area contributed by atoms with E-state index in [0.717, 1.165) is 5.56 Å². The summed E-state index contributed by atoms with van der Waals surface area (Å²) in [7, 11) is 0. The Kier molecular flexibility index (Phi) is 3.08. The predicted molar refractivity (Wildman–Crippen MR) is 51.6 cm³/mol. The highest BCUT2D eigenvalue weighted by molar-refractivity contribution is 5.37. The lowest BCUT2D eigenvalue weighted by Gasteiger charge is -1.95. The average molecular weight is 166 g/mol. The molecule has 0 amide bonds. The predicted octanol–water partition coefficient (Wildman–Crippen LogP) is 1.64. The van der Waals surface area contributed by atoms with Gasteiger partial charge in [0, 0.05) is 11.5 Å². The van der Waals surface area contributed by atoms with E-state index in [1.165, 1.54) is 0 Å². The maximum atomic E-state index is 5.18. The van der Waals surface area contributed by atoms with Crippen molar-refractivity contribution in [2.45, 2.75) is 0 Å². The highest BCUT2D eigenvalue weighted by atomic mass is 16.5. The third-order valence-corrected chi connectivity index (χ3v) is 1.31. The van der Waals surface area contributed by atoms with Crippen molar-refractivity contribution in [2.75, 3.05) is 0 Å². The second-order valence-corrected chi connectivity index (χ2v) is 2.14. The van der Waals surface area contributed by atoms with E-state index in [2.05, 4.69) is 23.9 Å². The monoisotopic (exact) mass is 166 g/mol. The molecule has 1 aromatic rings. The summed E-state index contributed by atoms with van der Waals surface area (Å²) in [4.78, 5) is 0. The topological polar surface area (TPSA) is 9.23 Å². The normalized spacial score (nSPS) is 7.23. The number of rotatable bonds is 1. The van der Waals surface area contributed by atoms with Gasteiger partial charge in [0.25, 0.3) is 0 Å². The maximum absolute atomic E-state index is 5.18. The summed E-state index contributed by atoms with van der Waals surface area (Å²) in [5.74, 6) is 7.61. The fraction of sp³-hybridized carbons (Fsp3) is 0. The van der Waals surface area contributed by atoms with E-state index in [4.69, 9.17) is 17.6 Å². The second-order valence-electron chi connectivity index (χ2n) is 2.14. The Morgan fingerprint density at radius 2 is 1.77 bits per heavy atom. The van der Waals surface area contributed by atoms with Gasteiger partial charge < -0.3 is 4.74 Å².